The Morgan fingerprint density at radius 3 is 1.00 bits per heavy atom. The monoisotopic (exact) mass is 440 g/mol. The summed E-state index contributed by atoms with van der Waals surface area (Å²) >= 11 is 0. The van der Waals surface area contributed by atoms with Gasteiger partial charge in [-0.15, -0.1) is 0 Å². The molecule has 0 N–H and O–H groups in total. The standard InChI is InChI=1S/Ag.GeH4.Sb.HTe.3H/h;1H4;;1H;;;. The minimum atomic E-state index is 0. The van der Waals surface area contributed by atoms with Crippen LogP contribution in [-0.2, 0) is 22.4 Å². The van der Waals surface area contributed by atoms with Crippen LogP contribution in [0.2, 0.25) is 0 Å². The summed E-state index contributed by atoms with van der Waals surface area (Å²) in [6.07, 6.45) is 0. The van der Waals surface area contributed by atoms with E-state index in [2.05, 4.69) is 0 Å². The van der Waals surface area contributed by atoms with E-state index in [4.69, 9.17) is 0 Å². The van der Waals surface area contributed by atoms with Crippen LogP contribution in [0.1, 0.15) is 0 Å². The van der Waals surface area contributed by atoms with Crippen LogP contribution in [0.15, 0.2) is 0 Å². The maximum atomic E-state index is 0. The Kier molecular flexibility index (Phi) is 121. The van der Waals surface area contributed by atoms with Crippen LogP contribution in [0.4, 0.5) is 0 Å². The molecule has 0 bridgehead atoms. The molecule has 0 aliphatic carbocycles. The zero-order valence-electron chi connectivity index (χ0n) is 1.46. The van der Waals surface area contributed by atoms with Gasteiger partial charge in [-0.1, -0.05) is 0 Å². The molecule has 0 rings (SSSR count). The second-order valence-corrected chi connectivity index (χ2v) is 0. The molecule has 0 atom stereocenters. The molecule has 4 heavy (non-hydrogen) atoms. The topological polar surface area (TPSA) is 0 Å². The van der Waals surface area contributed by atoms with Crippen molar-refractivity contribution in [3.8, 4) is 0 Å². The summed E-state index contributed by atoms with van der Waals surface area (Å²) in [5.74, 6) is 0. The van der Waals surface area contributed by atoms with Crippen LogP contribution in [0, 0.1) is 0 Å². The molecule has 0 amide bonds. The summed E-state index contributed by atoms with van der Waals surface area (Å²) in [5.41, 5.74) is 0. The van der Waals surface area contributed by atoms with Crippen molar-refractivity contribution in [3.63, 3.8) is 0 Å². The van der Waals surface area contributed by atoms with Crippen molar-refractivity contribution in [2.24, 2.45) is 0 Å². The zero-order chi connectivity index (χ0) is 0. The van der Waals surface area contributed by atoms with Gasteiger partial charge in [0.05, 0.1) is 0 Å². The predicted molar refractivity (Wildman–Crippen MR) is 28.4 cm³/mol. The maximum absolute atomic E-state index is 0. The van der Waals surface area contributed by atoms with Gasteiger partial charge in [-0.3, -0.25) is 0 Å². The first-order valence-electron chi connectivity index (χ1n) is 0. The van der Waals surface area contributed by atoms with E-state index in [-0.39, 0.29) is 88.1 Å². The van der Waals surface area contributed by atoms with Gasteiger partial charge in [0.15, 0.2) is 0 Å². The Hall–Kier alpha value is 2.89. The summed E-state index contributed by atoms with van der Waals surface area (Å²) in [5, 5.41) is 0. The molecule has 0 spiro atoms. The van der Waals surface area contributed by atoms with E-state index in [1.54, 1.807) is 0 Å². The van der Waals surface area contributed by atoms with Gasteiger partial charge in [0, 0.05) is 22.4 Å². The average molecular weight is 438 g/mol. The molecule has 0 saturated heterocycles. The van der Waals surface area contributed by atoms with Gasteiger partial charge in [0.1, 0.15) is 0 Å². The molecule has 0 nitrogen and oxygen atoms in total. The van der Waals surface area contributed by atoms with Crippen molar-refractivity contribution in [1.82, 2.24) is 0 Å². The molecule has 0 heterocycles. The summed E-state index contributed by atoms with van der Waals surface area (Å²) in [7, 11) is 0. The van der Waals surface area contributed by atoms with E-state index >= 15 is 0 Å². The molecule has 0 aromatic heterocycles. The van der Waals surface area contributed by atoms with E-state index in [1.165, 1.54) is 0 Å². The molecule has 0 aliphatic heterocycles. The van der Waals surface area contributed by atoms with Gasteiger partial charge in [-0.25, -0.2) is 0 Å². The van der Waals surface area contributed by atoms with Gasteiger partial charge in [0.2, 0.25) is 0 Å². The van der Waals surface area contributed by atoms with Crippen molar-refractivity contribution < 1.29 is 22.4 Å². The van der Waals surface area contributed by atoms with E-state index < -0.39 is 0 Å². The molecule has 0 aromatic carbocycles. The van der Waals surface area contributed by atoms with Crippen LogP contribution >= 0.6 is 0 Å². The molecule has 2 radical (unpaired) electrons. The van der Waals surface area contributed by atoms with E-state index in [0.717, 1.165) is 0 Å². The Morgan fingerprint density at radius 1 is 1.00 bits per heavy atom. The quantitative estimate of drug-likeness (QED) is 0.349. The summed E-state index contributed by atoms with van der Waals surface area (Å²) < 4.78 is 0. The second kappa shape index (κ2) is 16.9. The first-order valence-corrected chi connectivity index (χ1v) is 0. The van der Waals surface area contributed by atoms with Crippen molar-refractivity contribution >= 4 is 65.7 Å². The van der Waals surface area contributed by atoms with Crippen molar-refractivity contribution in [2.45, 2.75) is 0 Å². The SMILES string of the molecule is [Ag].[GeH4].[SbH3].[TeH]. The van der Waals surface area contributed by atoms with E-state index in [0.29, 0.717) is 0 Å². The molecule has 34 valence electrons. The van der Waals surface area contributed by atoms with Crippen LogP contribution in [0.3, 0.4) is 0 Å². The summed E-state index contributed by atoms with van der Waals surface area (Å²) in [6.45, 7) is 0. The van der Waals surface area contributed by atoms with Crippen LogP contribution in [0.25, 0.3) is 0 Å². The van der Waals surface area contributed by atoms with Crippen molar-refractivity contribution in [2.75, 3.05) is 0 Å². The van der Waals surface area contributed by atoms with E-state index in [1.807, 2.05) is 0 Å². The second-order valence-electron chi connectivity index (χ2n) is 0. The molecule has 0 unspecified atom stereocenters. The van der Waals surface area contributed by atoms with Gasteiger partial charge < -0.3 is 0 Å². The summed E-state index contributed by atoms with van der Waals surface area (Å²) in [4.78, 5) is 0. The molecule has 4 heteroatoms. The third kappa shape index (κ3) is 8.86. The third-order valence-corrected chi connectivity index (χ3v) is 0. The fourth-order valence-corrected chi connectivity index (χ4v) is 0. The number of rotatable bonds is 0. The molecule has 0 fully saturated rings. The molecular weight excluding hydrogens is 430 g/mol. The van der Waals surface area contributed by atoms with Crippen molar-refractivity contribution in [3.05, 3.63) is 0 Å². The fraction of sp³-hybridized carbons (Fsp3) is 0. The third-order valence-electron chi connectivity index (χ3n) is 0. The Morgan fingerprint density at radius 2 is 1.00 bits per heavy atom. The molecule has 0 aromatic rings. The molecular formula is H8AgGeSbTe. The molecule has 0 saturated carbocycles. The normalized spacial score (nSPS) is 0. The van der Waals surface area contributed by atoms with Crippen molar-refractivity contribution in [1.29, 1.82) is 0 Å². The van der Waals surface area contributed by atoms with Crippen LogP contribution < -0.4 is 0 Å². The van der Waals surface area contributed by atoms with Crippen LogP contribution in [0.5, 0.6) is 0 Å². The van der Waals surface area contributed by atoms with E-state index in [9.17, 15) is 0 Å². The number of hydrogen-bond acceptors (Lipinski definition) is 0. The predicted octanol–water partition coefficient (Wildman–Crippen LogP) is -3.29. The Balaban J connectivity index is 0. The van der Waals surface area contributed by atoms with Gasteiger partial charge in [-0.05, 0) is 0 Å². The Labute approximate surface area is 86.5 Å². The minimum absolute atomic E-state index is 0. The zero-order valence-corrected chi connectivity index (χ0v) is 9.53. The van der Waals surface area contributed by atoms with Crippen LogP contribution in [-0.4, -0.2) is 65.7 Å². The number of hydrogen-bond donors (Lipinski definition) is 0. The Bertz CT molecular complexity index is 8.00. The van der Waals surface area contributed by atoms with Gasteiger partial charge in [0.25, 0.3) is 0 Å². The van der Waals surface area contributed by atoms with Gasteiger partial charge >= 0.3 is 65.7 Å². The first kappa shape index (κ1) is 28.6. The average Bonchev–Trinajstić information content (AvgIpc) is 0. The molecule has 0 aliphatic rings. The van der Waals surface area contributed by atoms with Gasteiger partial charge in [-0.2, -0.15) is 0 Å². The first-order chi connectivity index (χ1) is 0. The summed E-state index contributed by atoms with van der Waals surface area (Å²) in [6, 6.07) is 0. The fourth-order valence-electron chi connectivity index (χ4n) is 0.